The summed E-state index contributed by atoms with van der Waals surface area (Å²) in [5.74, 6) is 0. The SMILES string of the molecule is CN1CCC(O)(c2nccs2)C1. The van der Waals surface area contributed by atoms with E-state index in [0.717, 1.165) is 18.0 Å². The van der Waals surface area contributed by atoms with E-state index in [1.54, 1.807) is 6.20 Å². The summed E-state index contributed by atoms with van der Waals surface area (Å²) in [5.41, 5.74) is -0.678. The number of likely N-dealkylation sites (N-methyl/N-ethyl adjacent to an activating group) is 1. The maximum Gasteiger partial charge on any atom is 0.130 e. The van der Waals surface area contributed by atoms with Crippen LogP contribution in [0.3, 0.4) is 0 Å². The molecule has 2 heterocycles. The van der Waals surface area contributed by atoms with Crippen molar-refractivity contribution in [2.75, 3.05) is 20.1 Å². The van der Waals surface area contributed by atoms with Gasteiger partial charge in [-0.2, -0.15) is 0 Å². The van der Waals surface area contributed by atoms with Crippen molar-refractivity contribution >= 4 is 11.3 Å². The first-order chi connectivity index (χ1) is 5.71. The highest BCUT2D eigenvalue weighted by Crippen LogP contribution is 2.31. The summed E-state index contributed by atoms with van der Waals surface area (Å²) in [5, 5.41) is 12.9. The van der Waals surface area contributed by atoms with Crippen LogP contribution in [0.25, 0.3) is 0 Å². The van der Waals surface area contributed by atoms with Gasteiger partial charge in [-0.3, -0.25) is 0 Å². The summed E-state index contributed by atoms with van der Waals surface area (Å²) in [4.78, 5) is 6.27. The van der Waals surface area contributed by atoms with E-state index in [0.29, 0.717) is 6.54 Å². The van der Waals surface area contributed by atoms with Crippen molar-refractivity contribution in [3.63, 3.8) is 0 Å². The molecule has 1 fully saturated rings. The Morgan fingerprint density at radius 1 is 1.75 bits per heavy atom. The highest BCUT2D eigenvalue weighted by Gasteiger charge is 2.38. The van der Waals surface area contributed by atoms with Crippen LogP contribution in [-0.2, 0) is 5.60 Å². The third-order valence-electron chi connectivity index (χ3n) is 2.27. The number of aliphatic hydroxyl groups is 1. The molecule has 3 nitrogen and oxygen atoms in total. The van der Waals surface area contributed by atoms with Gasteiger partial charge in [-0.25, -0.2) is 4.98 Å². The number of aromatic nitrogens is 1. The molecule has 0 radical (unpaired) electrons. The van der Waals surface area contributed by atoms with Gasteiger partial charge in [0, 0.05) is 24.7 Å². The summed E-state index contributed by atoms with van der Waals surface area (Å²) in [6.45, 7) is 1.66. The maximum absolute atomic E-state index is 10.1. The lowest BCUT2D eigenvalue weighted by Crippen LogP contribution is -2.28. The van der Waals surface area contributed by atoms with Gasteiger partial charge in [0.15, 0.2) is 0 Å². The first-order valence-electron chi connectivity index (χ1n) is 4.02. The number of rotatable bonds is 1. The van der Waals surface area contributed by atoms with Crippen LogP contribution in [0.4, 0.5) is 0 Å². The number of β-amino-alcohol motifs (C(OH)–C–C–N with tert-alkyl or cyclic N) is 1. The molecule has 1 unspecified atom stereocenters. The van der Waals surface area contributed by atoms with Crippen molar-refractivity contribution in [3.05, 3.63) is 16.6 Å². The summed E-state index contributed by atoms with van der Waals surface area (Å²) in [6.07, 6.45) is 2.55. The van der Waals surface area contributed by atoms with Crippen LogP contribution in [0.5, 0.6) is 0 Å². The molecule has 1 saturated heterocycles. The van der Waals surface area contributed by atoms with Crippen molar-refractivity contribution in [2.45, 2.75) is 12.0 Å². The van der Waals surface area contributed by atoms with Crippen molar-refractivity contribution in [1.29, 1.82) is 0 Å². The van der Waals surface area contributed by atoms with Crippen molar-refractivity contribution in [1.82, 2.24) is 9.88 Å². The average molecular weight is 184 g/mol. The fourth-order valence-electron chi connectivity index (χ4n) is 1.61. The molecular weight excluding hydrogens is 172 g/mol. The fourth-order valence-corrected chi connectivity index (χ4v) is 2.37. The van der Waals surface area contributed by atoms with Gasteiger partial charge in [0.05, 0.1) is 0 Å². The zero-order valence-electron chi connectivity index (χ0n) is 7.03. The average Bonchev–Trinajstić information content (AvgIpc) is 2.59. The first-order valence-corrected chi connectivity index (χ1v) is 4.90. The summed E-state index contributed by atoms with van der Waals surface area (Å²) >= 11 is 1.53. The first kappa shape index (κ1) is 8.16. The maximum atomic E-state index is 10.1. The smallest absolute Gasteiger partial charge is 0.130 e. The van der Waals surface area contributed by atoms with Gasteiger partial charge in [-0.05, 0) is 13.5 Å². The van der Waals surface area contributed by atoms with Gasteiger partial charge < -0.3 is 10.0 Å². The second-order valence-electron chi connectivity index (χ2n) is 3.36. The number of hydrogen-bond acceptors (Lipinski definition) is 4. The lowest BCUT2D eigenvalue weighted by atomic mass is 10.1. The zero-order chi connectivity index (χ0) is 8.60. The number of thiazole rings is 1. The standard InChI is InChI=1S/C8H12N2OS/c1-10-4-2-8(11,6-10)7-9-3-5-12-7/h3,5,11H,2,4,6H2,1H3. The molecule has 0 aliphatic carbocycles. The van der Waals surface area contributed by atoms with Crippen LogP contribution >= 0.6 is 11.3 Å². The molecule has 4 heteroatoms. The second kappa shape index (κ2) is 2.80. The van der Waals surface area contributed by atoms with Gasteiger partial charge in [0.2, 0.25) is 0 Å². The van der Waals surface area contributed by atoms with Crippen molar-refractivity contribution in [3.8, 4) is 0 Å². The number of nitrogens with zero attached hydrogens (tertiary/aromatic N) is 2. The highest BCUT2D eigenvalue weighted by atomic mass is 32.1. The fraction of sp³-hybridized carbons (Fsp3) is 0.625. The quantitative estimate of drug-likeness (QED) is 0.696. The largest absolute Gasteiger partial charge is 0.381 e. The van der Waals surface area contributed by atoms with Crippen molar-refractivity contribution < 1.29 is 5.11 Å². The lowest BCUT2D eigenvalue weighted by molar-refractivity contribution is 0.0486. The minimum Gasteiger partial charge on any atom is -0.381 e. The van der Waals surface area contributed by atoms with Gasteiger partial charge in [0.1, 0.15) is 10.6 Å². The molecule has 1 N–H and O–H groups in total. The van der Waals surface area contributed by atoms with E-state index >= 15 is 0 Å². The van der Waals surface area contributed by atoms with Crippen LogP contribution in [0.15, 0.2) is 11.6 Å². The predicted octanol–water partition coefficient (Wildman–Crippen LogP) is 0.666. The van der Waals surface area contributed by atoms with Gasteiger partial charge in [-0.15, -0.1) is 11.3 Å². The molecule has 1 aromatic heterocycles. The molecule has 12 heavy (non-hydrogen) atoms. The second-order valence-corrected chi connectivity index (χ2v) is 4.25. The topological polar surface area (TPSA) is 36.4 Å². The molecule has 2 rings (SSSR count). The Hall–Kier alpha value is -0.450. The Kier molecular flexibility index (Phi) is 1.90. The third kappa shape index (κ3) is 1.26. The summed E-state index contributed by atoms with van der Waals surface area (Å²) < 4.78 is 0. The Labute approximate surface area is 75.7 Å². The Morgan fingerprint density at radius 3 is 3.08 bits per heavy atom. The number of hydrogen-bond donors (Lipinski definition) is 1. The lowest BCUT2D eigenvalue weighted by Gasteiger charge is -2.18. The monoisotopic (exact) mass is 184 g/mol. The van der Waals surface area contributed by atoms with E-state index in [4.69, 9.17) is 0 Å². The molecule has 0 amide bonds. The molecule has 0 saturated carbocycles. The Bertz CT molecular complexity index is 262. The van der Waals surface area contributed by atoms with E-state index in [9.17, 15) is 5.11 Å². The molecule has 1 atom stereocenters. The van der Waals surface area contributed by atoms with Gasteiger partial charge in [-0.1, -0.05) is 0 Å². The Balaban J connectivity index is 2.23. The van der Waals surface area contributed by atoms with Crippen molar-refractivity contribution in [2.24, 2.45) is 0 Å². The summed E-state index contributed by atoms with van der Waals surface area (Å²) in [7, 11) is 2.02. The molecule has 0 spiro atoms. The van der Waals surface area contributed by atoms with Crippen LogP contribution in [0.1, 0.15) is 11.4 Å². The molecule has 1 aromatic rings. The Morgan fingerprint density at radius 2 is 2.58 bits per heavy atom. The van der Waals surface area contributed by atoms with E-state index in [2.05, 4.69) is 9.88 Å². The highest BCUT2D eigenvalue weighted by molar-refractivity contribution is 7.09. The molecule has 0 bridgehead atoms. The molecular formula is C8H12N2OS. The third-order valence-corrected chi connectivity index (χ3v) is 3.24. The normalized spacial score (nSPS) is 31.2. The molecule has 0 aromatic carbocycles. The van der Waals surface area contributed by atoms with Crippen LogP contribution in [-0.4, -0.2) is 35.1 Å². The number of likely N-dealkylation sites (tertiary alicyclic amines) is 1. The summed E-state index contributed by atoms with van der Waals surface area (Å²) in [6, 6.07) is 0. The minimum atomic E-state index is -0.678. The van der Waals surface area contributed by atoms with E-state index in [-0.39, 0.29) is 0 Å². The van der Waals surface area contributed by atoms with E-state index < -0.39 is 5.60 Å². The van der Waals surface area contributed by atoms with E-state index in [1.807, 2.05) is 12.4 Å². The zero-order valence-corrected chi connectivity index (χ0v) is 7.84. The van der Waals surface area contributed by atoms with Gasteiger partial charge >= 0.3 is 0 Å². The van der Waals surface area contributed by atoms with Gasteiger partial charge in [0.25, 0.3) is 0 Å². The van der Waals surface area contributed by atoms with Crippen LogP contribution in [0.2, 0.25) is 0 Å². The van der Waals surface area contributed by atoms with E-state index in [1.165, 1.54) is 11.3 Å². The molecule has 66 valence electrons. The van der Waals surface area contributed by atoms with Crippen LogP contribution < -0.4 is 0 Å². The van der Waals surface area contributed by atoms with Crippen LogP contribution in [0, 0.1) is 0 Å². The molecule has 1 aliphatic rings. The predicted molar refractivity (Wildman–Crippen MR) is 48.1 cm³/mol. The molecule has 1 aliphatic heterocycles. The minimum absolute atomic E-state index is 0.678.